The van der Waals surface area contributed by atoms with Crippen LogP contribution in [0.15, 0.2) is 16.9 Å². The number of nitrogens with zero attached hydrogens (tertiary/aromatic N) is 1. The van der Waals surface area contributed by atoms with Crippen LogP contribution in [0.3, 0.4) is 0 Å². The predicted octanol–water partition coefficient (Wildman–Crippen LogP) is 1.86. The van der Waals surface area contributed by atoms with Gasteiger partial charge in [0.05, 0.1) is 0 Å². The third-order valence-electron chi connectivity index (χ3n) is 3.95. The molecule has 0 aromatic carbocycles. The molecule has 0 spiro atoms. The molecule has 20 heavy (non-hydrogen) atoms. The van der Waals surface area contributed by atoms with Crippen LogP contribution in [0, 0.1) is 0 Å². The molecule has 0 radical (unpaired) electrons. The minimum atomic E-state index is -0.526. The smallest absolute Gasteiger partial charge is 0.270 e. The van der Waals surface area contributed by atoms with Crippen molar-refractivity contribution in [2.75, 3.05) is 0 Å². The Labute approximate surface area is 119 Å². The van der Waals surface area contributed by atoms with Crippen LogP contribution in [0.25, 0.3) is 0 Å². The Balaban J connectivity index is 2.63. The van der Waals surface area contributed by atoms with Gasteiger partial charge in [-0.1, -0.05) is 33.6 Å². The van der Waals surface area contributed by atoms with Crippen molar-refractivity contribution in [1.82, 2.24) is 9.99 Å². The molecule has 1 saturated carbocycles. The van der Waals surface area contributed by atoms with E-state index in [1.165, 1.54) is 0 Å². The van der Waals surface area contributed by atoms with E-state index in [9.17, 15) is 9.59 Å². The summed E-state index contributed by atoms with van der Waals surface area (Å²) in [5, 5.41) is 0. The number of hydrazine groups is 1. The fourth-order valence-electron chi connectivity index (χ4n) is 2.94. The molecule has 0 saturated heterocycles. The molecular formula is C15H23N3O2. The zero-order valence-corrected chi connectivity index (χ0v) is 12.4. The van der Waals surface area contributed by atoms with Crippen LogP contribution in [-0.2, 0) is 5.41 Å². The van der Waals surface area contributed by atoms with Crippen LogP contribution in [0.5, 0.6) is 0 Å². The quantitative estimate of drug-likeness (QED) is 0.492. The fraction of sp³-hybridized carbons (Fsp3) is 0.600. The average molecular weight is 277 g/mol. The maximum atomic E-state index is 12.7. The highest BCUT2D eigenvalue weighted by atomic mass is 16.2. The molecule has 3 N–H and O–H groups in total. The summed E-state index contributed by atoms with van der Waals surface area (Å²) in [6, 6.07) is 3.66. The first kappa shape index (κ1) is 14.8. The number of amides is 1. The summed E-state index contributed by atoms with van der Waals surface area (Å²) in [7, 11) is 0. The van der Waals surface area contributed by atoms with Gasteiger partial charge in [-0.3, -0.25) is 15.0 Å². The van der Waals surface area contributed by atoms with Crippen molar-refractivity contribution in [2.24, 2.45) is 5.84 Å². The number of aromatic nitrogens is 1. The highest BCUT2D eigenvalue weighted by Gasteiger charge is 2.27. The SMILES string of the molecule is CC(C)(C)c1ccc(C(=O)NN)c(=O)n1C1CCCC1. The summed E-state index contributed by atoms with van der Waals surface area (Å²) in [6.07, 6.45) is 4.26. The van der Waals surface area contributed by atoms with E-state index >= 15 is 0 Å². The number of nitrogen functional groups attached to an aromatic ring is 1. The monoisotopic (exact) mass is 277 g/mol. The first-order valence-electron chi connectivity index (χ1n) is 7.13. The van der Waals surface area contributed by atoms with E-state index in [1.54, 1.807) is 6.07 Å². The summed E-state index contributed by atoms with van der Waals surface area (Å²) < 4.78 is 1.82. The third-order valence-corrected chi connectivity index (χ3v) is 3.95. The molecule has 1 aromatic heterocycles. The normalized spacial score (nSPS) is 16.4. The molecule has 1 aliphatic carbocycles. The van der Waals surface area contributed by atoms with Crippen LogP contribution in [0.2, 0.25) is 0 Å². The zero-order valence-electron chi connectivity index (χ0n) is 12.4. The molecule has 1 fully saturated rings. The summed E-state index contributed by atoms with van der Waals surface area (Å²) in [6.45, 7) is 6.24. The molecule has 1 heterocycles. The number of carbonyl (C=O) groups excluding carboxylic acids is 1. The van der Waals surface area contributed by atoms with Crippen LogP contribution < -0.4 is 16.8 Å². The van der Waals surface area contributed by atoms with Crippen molar-refractivity contribution in [3.8, 4) is 0 Å². The second-order valence-electron chi connectivity index (χ2n) is 6.47. The Morgan fingerprint density at radius 3 is 2.40 bits per heavy atom. The maximum absolute atomic E-state index is 12.7. The summed E-state index contributed by atoms with van der Waals surface area (Å²) in [4.78, 5) is 24.4. The minimum absolute atomic E-state index is 0.118. The lowest BCUT2D eigenvalue weighted by Gasteiger charge is -2.28. The van der Waals surface area contributed by atoms with E-state index in [-0.39, 0.29) is 22.6 Å². The molecular weight excluding hydrogens is 254 g/mol. The van der Waals surface area contributed by atoms with Crippen molar-refractivity contribution in [2.45, 2.75) is 57.9 Å². The van der Waals surface area contributed by atoms with Gasteiger partial charge in [-0.15, -0.1) is 0 Å². The second-order valence-corrected chi connectivity index (χ2v) is 6.47. The minimum Gasteiger partial charge on any atom is -0.308 e. The Morgan fingerprint density at radius 1 is 1.30 bits per heavy atom. The Morgan fingerprint density at radius 2 is 1.90 bits per heavy atom. The van der Waals surface area contributed by atoms with Gasteiger partial charge in [0.1, 0.15) is 5.56 Å². The van der Waals surface area contributed by atoms with Gasteiger partial charge in [0.2, 0.25) is 0 Å². The molecule has 0 atom stereocenters. The number of nitrogens with one attached hydrogen (secondary N) is 1. The number of nitrogens with two attached hydrogens (primary N) is 1. The zero-order chi connectivity index (χ0) is 14.9. The van der Waals surface area contributed by atoms with Crippen LogP contribution in [0.1, 0.15) is 68.5 Å². The van der Waals surface area contributed by atoms with Crippen molar-refractivity contribution in [3.63, 3.8) is 0 Å². The van der Waals surface area contributed by atoms with Crippen molar-refractivity contribution in [1.29, 1.82) is 0 Å². The van der Waals surface area contributed by atoms with Crippen molar-refractivity contribution < 1.29 is 4.79 Å². The summed E-state index contributed by atoms with van der Waals surface area (Å²) in [5.74, 6) is 4.63. The summed E-state index contributed by atoms with van der Waals surface area (Å²) >= 11 is 0. The van der Waals surface area contributed by atoms with Gasteiger partial charge in [-0.05, 0) is 25.0 Å². The van der Waals surface area contributed by atoms with Crippen molar-refractivity contribution in [3.05, 3.63) is 33.7 Å². The van der Waals surface area contributed by atoms with Crippen LogP contribution in [-0.4, -0.2) is 10.5 Å². The standard InChI is InChI=1S/C15H23N3O2/c1-15(2,3)12-9-8-11(13(19)17-16)14(20)18(12)10-6-4-5-7-10/h8-10H,4-7,16H2,1-3H3,(H,17,19). The number of hydrogen-bond acceptors (Lipinski definition) is 3. The fourth-order valence-corrected chi connectivity index (χ4v) is 2.94. The number of rotatable bonds is 2. The van der Waals surface area contributed by atoms with E-state index in [4.69, 9.17) is 5.84 Å². The number of hydrogen-bond donors (Lipinski definition) is 2. The molecule has 0 unspecified atom stereocenters. The van der Waals surface area contributed by atoms with E-state index in [1.807, 2.05) is 16.1 Å². The molecule has 1 aliphatic rings. The third kappa shape index (κ3) is 2.63. The van der Waals surface area contributed by atoms with E-state index in [0.717, 1.165) is 31.4 Å². The topological polar surface area (TPSA) is 77.1 Å². The molecule has 5 heteroatoms. The Hall–Kier alpha value is -1.62. The molecule has 0 aliphatic heterocycles. The highest BCUT2D eigenvalue weighted by molar-refractivity contribution is 5.93. The molecule has 5 nitrogen and oxygen atoms in total. The van der Waals surface area contributed by atoms with E-state index in [0.29, 0.717) is 0 Å². The maximum Gasteiger partial charge on any atom is 0.270 e. The highest BCUT2D eigenvalue weighted by Crippen LogP contribution is 2.32. The lowest BCUT2D eigenvalue weighted by atomic mass is 9.90. The van der Waals surface area contributed by atoms with Gasteiger partial charge in [-0.2, -0.15) is 0 Å². The Kier molecular flexibility index (Phi) is 3.99. The number of pyridine rings is 1. The molecule has 110 valence electrons. The molecule has 1 aromatic rings. The molecule has 0 bridgehead atoms. The van der Waals surface area contributed by atoms with Gasteiger partial charge in [0.15, 0.2) is 0 Å². The largest absolute Gasteiger partial charge is 0.308 e. The van der Waals surface area contributed by atoms with Crippen molar-refractivity contribution >= 4 is 5.91 Å². The first-order chi connectivity index (χ1) is 9.36. The summed E-state index contributed by atoms with van der Waals surface area (Å²) in [5.41, 5.74) is 2.77. The van der Waals surface area contributed by atoms with Gasteiger partial charge in [0, 0.05) is 17.2 Å². The van der Waals surface area contributed by atoms with E-state index in [2.05, 4.69) is 20.8 Å². The van der Waals surface area contributed by atoms with Crippen LogP contribution in [0.4, 0.5) is 0 Å². The van der Waals surface area contributed by atoms with Gasteiger partial charge < -0.3 is 4.57 Å². The molecule has 1 amide bonds. The van der Waals surface area contributed by atoms with E-state index < -0.39 is 5.91 Å². The lowest BCUT2D eigenvalue weighted by molar-refractivity contribution is 0.0951. The Bertz CT molecular complexity index is 563. The predicted molar refractivity (Wildman–Crippen MR) is 78.6 cm³/mol. The van der Waals surface area contributed by atoms with Gasteiger partial charge >= 0.3 is 0 Å². The molecule has 2 rings (SSSR count). The van der Waals surface area contributed by atoms with Gasteiger partial charge in [-0.25, -0.2) is 5.84 Å². The van der Waals surface area contributed by atoms with Crippen LogP contribution >= 0.6 is 0 Å². The lowest BCUT2D eigenvalue weighted by Crippen LogP contribution is -2.39. The second kappa shape index (κ2) is 5.40. The first-order valence-corrected chi connectivity index (χ1v) is 7.13. The van der Waals surface area contributed by atoms with Gasteiger partial charge in [0.25, 0.3) is 11.5 Å². The average Bonchev–Trinajstić information content (AvgIpc) is 2.89. The number of carbonyl (C=O) groups is 1.